The molecule has 138 valence electrons. The molecule has 0 bridgehead atoms. The highest BCUT2D eigenvalue weighted by Crippen LogP contribution is 2.13. The van der Waals surface area contributed by atoms with Crippen LogP contribution in [0.15, 0.2) is 53.4 Å². The summed E-state index contributed by atoms with van der Waals surface area (Å²) in [5.74, 6) is -1.41. The fourth-order valence-corrected chi connectivity index (χ4v) is 3.15. The molecular weight excluding hydrogens is 367 g/mol. The molecule has 26 heavy (non-hydrogen) atoms. The van der Waals surface area contributed by atoms with Crippen molar-refractivity contribution in [3.8, 4) is 0 Å². The zero-order chi connectivity index (χ0) is 19.3. The highest BCUT2D eigenvalue weighted by molar-refractivity contribution is 7.89. The Bertz CT molecular complexity index is 897. The second kappa shape index (κ2) is 8.02. The quantitative estimate of drug-likeness (QED) is 0.446. The fraction of sp³-hybridized carbons (Fsp3) is 0.188. The number of nitro benzene ring substituents is 1. The molecule has 0 fully saturated rings. The third kappa shape index (κ3) is 5.07. The van der Waals surface area contributed by atoms with E-state index in [1.807, 2.05) is 0 Å². The molecule has 0 unspecified atom stereocenters. The summed E-state index contributed by atoms with van der Waals surface area (Å²) < 4.78 is 44.3. The largest absolute Gasteiger partial charge is 0.460 e. The number of non-ortho nitro benzene ring substituents is 1. The normalized spacial score (nSPS) is 12.4. The predicted molar refractivity (Wildman–Crippen MR) is 89.1 cm³/mol. The fourth-order valence-electron chi connectivity index (χ4n) is 1.96. The van der Waals surface area contributed by atoms with Crippen LogP contribution in [0.3, 0.4) is 0 Å². The van der Waals surface area contributed by atoms with Gasteiger partial charge in [0.15, 0.2) is 0 Å². The molecule has 2 aromatic carbocycles. The van der Waals surface area contributed by atoms with Crippen molar-refractivity contribution >= 4 is 21.7 Å². The Kier molecular flexibility index (Phi) is 6.01. The van der Waals surface area contributed by atoms with Crippen molar-refractivity contribution in [1.29, 1.82) is 0 Å². The van der Waals surface area contributed by atoms with E-state index in [4.69, 9.17) is 4.74 Å². The van der Waals surface area contributed by atoms with Gasteiger partial charge in [0.2, 0.25) is 10.0 Å². The van der Waals surface area contributed by atoms with Gasteiger partial charge in [0.25, 0.3) is 5.69 Å². The van der Waals surface area contributed by atoms with E-state index in [-0.39, 0.29) is 17.2 Å². The number of esters is 1. The van der Waals surface area contributed by atoms with Crippen LogP contribution in [0.4, 0.5) is 10.1 Å². The Labute approximate surface area is 148 Å². The molecule has 0 saturated carbocycles. The maximum Gasteiger partial charge on any atom is 0.324 e. The second-order valence-electron chi connectivity index (χ2n) is 5.33. The molecule has 2 rings (SSSR count). The maximum absolute atomic E-state index is 12.9. The third-order valence-corrected chi connectivity index (χ3v) is 4.89. The minimum Gasteiger partial charge on any atom is -0.460 e. The first-order valence-electron chi connectivity index (χ1n) is 7.37. The highest BCUT2D eigenvalue weighted by atomic mass is 32.2. The van der Waals surface area contributed by atoms with Crippen LogP contribution >= 0.6 is 0 Å². The number of nitrogens with zero attached hydrogens (tertiary/aromatic N) is 1. The van der Waals surface area contributed by atoms with Gasteiger partial charge in [0.1, 0.15) is 18.5 Å². The molecule has 1 atom stereocenters. The summed E-state index contributed by atoms with van der Waals surface area (Å²) in [6.07, 6.45) is 0. The van der Waals surface area contributed by atoms with Crippen molar-refractivity contribution in [3.05, 3.63) is 70.0 Å². The van der Waals surface area contributed by atoms with Crippen molar-refractivity contribution in [2.75, 3.05) is 0 Å². The number of benzene rings is 2. The molecule has 0 aliphatic heterocycles. The maximum atomic E-state index is 12.9. The molecule has 0 radical (unpaired) electrons. The molecule has 2 aromatic rings. The number of sulfonamides is 1. The lowest BCUT2D eigenvalue weighted by molar-refractivity contribution is -0.384. The summed E-state index contributed by atoms with van der Waals surface area (Å²) in [6, 6.07) is 8.35. The number of rotatable bonds is 7. The van der Waals surface area contributed by atoms with Gasteiger partial charge in [0, 0.05) is 12.1 Å². The number of carbonyl (C=O) groups excluding carboxylic acids is 1. The molecule has 0 aromatic heterocycles. The van der Waals surface area contributed by atoms with Crippen LogP contribution in [0.5, 0.6) is 0 Å². The third-order valence-electron chi connectivity index (χ3n) is 3.34. The van der Waals surface area contributed by atoms with Crippen LogP contribution in [0, 0.1) is 15.9 Å². The van der Waals surface area contributed by atoms with Crippen molar-refractivity contribution in [2.24, 2.45) is 0 Å². The zero-order valence-corrected chi connectivity index (χ0v) is 14.4. The average molecular weight is 382 g/mol. The molecule has 0 heterocycles. The van der Waals surface area contributed by atoms with E-state index < -0.39 is 32.8 Å². The first-order chi connectivity index (χ1) is 12.2. The molecule has 0 saturated heterocycles. The van der Waals surface area contributed by atoms with Gasteiger partial charge in [-0.1, -0.05) is 0 Å². The Morgan fingerprint density at radius 1 is 1.19 bits per heavy atom. The number of ether oxygens (including phenoxy) is 1. The van der Waals surface area contributed by atoms with Gasteiger partial charge < -0.3 is 4.74 Å². The Morgan fingerprint density at radius 2 is 1.77 bits per heavy atom. The average Bonchev–Trinajstić information content (AvgIpc) is 2.60. The Balaban J connectivity index is 1.94. The molecular formula is C16H15FN2O6S. The molecule has 0 aliphatic rings. The minimum absolute atomic E-state index is 0.0968. The summed E-state index contributed by atoms with van der Waals surface area (Å²) in [4.78, 5) is 21.8. The number of nitrogens with one attached hydrogen (secondary N) is 1. The van der Waals surface area contributed by atoms with E-state index in [9.17, 15) is 27.7 Å². The van der Waals surface area contributed by atoms with Gasteiger partial charge in [0.05, 0.1) is 9.82 Å². The summed E-state index contributed by atoms with van der Waals surface area (Å²) in [5, 5.41) is 10.6. The molecule has 1 N–H and O–H groups in total. The summed E-state index contributed by atoms with van der Waals surface area (Å²) in [7, 11) is -4.01. The molecule has 0 spiro atoms. The number of carbonyl (C=O) groups is 1. The number of hydrogen-bond donors (Lipinski definition) is 1. The van der Waals surface area contributed by atoms with E-state index in [1.54, 1.807) is 0 Å². The summed E-state index contributed by atoms with van der Waals surface area (Å²) >= 11 is 0. The van der Waals surface area contributed by atoms with Crippen molar-refractivity contribution < 1.29 is 27.3 Å². The Hall–Kier alpha value is -2.85. The first-order valence-corrected chi connectivity index (χ1v) is 8.85. The predicted octanol–water partition coefficient (Wildman–Crippen LogP) is 2.14. The van der Waals surface area contributed by atoms with E-state index in [2.05, 4.69) is 4.72 Å². The summed E-state index contributed by atoms with van der Waals surface area (Å²) in [6.45, 7) is 1.14. The van der Waals surface area contributed by atoms with Gasteiger partial charge >= 0.3 is 5.97 Å². The topological polar surface area (TPSA) is 116 Å². The van der Waals surface area contributed by atoms with Gasteiger partial charge in [-0.2, -0.15) is 4.72 Å². The molecule has 0 amide bonds. The Morgan fingerprint density at radius 3 is 2.31 bits per heavy atom. The van der Waals surface area contributed by atoms with Crippen LogP contribution in [-0.4, -0.2) is 25.4 Å². The smallest absolute Gasteiger partial charge is 0.324 e. The monoisotopic (exact) mass is 382 g/mol. The number of halogens is 1. The lowest BCUT2D eigenvalue weighted by Crippen LogP contribution is -2.39. The summed E-state index contributed by atoms with van der Waals surface area (Å²) in [5.41, 5.74) is 0.415. The van der Waals surface area contributed by atoms with E-state index >= 15 is 0 Å². The number of nitro groups is 1. The second-order valence-corrected chi connectivity index (χ2v) is 7.04. The van der Waals surface area contributed by atoms with Gasteiger partial charge in [-0.15, -0.1) is 0 Å². The lowest BCUT2D eigenvalue weighted by Gasteiger charge is -2.14. The highest BCUT2D eigenvalue weighted by Gasteiger charge is 2.23. The molecule has 0 aliphatic carbocycles. The van der Waals surface area contributed by atoms with Gasteiger partial charge in [-0.3, -0.25) is 14.9 Å². The van der Waals surface area contributed by atoms with Gasteiger partial charge in [-0.25, -0.2) is 12.8 Å². The molecule has 10 heteroatoms. The lowest BCUT2D eigenvalue weighted by atomic mass is 10.2. The van der Waals surface area contributed by atoms with Crippen LogP contribution in [0.25, 0.3) is 0 Å². The zero-order valence-electron chi connectivity index (χ0n) is 13.6. The van der Waals surface area contributed by atoms with Crippen LogP contribution in [0.2, 0.25) is 0 Å². The van der Waals surface area contributed by atoms with Crippen LogP contribution in [0.1, 0.15) is 12.5 Å². The van der Waals surface area contributed by atoms with E-state index in [0.29, 0.717) is 5.56 Å². The number of hydrogen-bond acceptors (Lipinski definition) is 6. The van der Waals surface area contributed by atoms with Crippen LogP contribution in [-0.2, 0) is 26.2 Å². The SMILES string of the molecule is C[C@H](NS(=O)(=O)c1ccc(F)cc1)C(=O)OCc1ccc([N+](=O)[O-])cc1. The van der Waals surface area contributed by atoms with Crippen molar-refractivity contribution in [2.45, 2.75) is 24.5 Å². The first kappa shape index (κ1) is 19.5. The van der Waals surface area contributed by atoms with Crippen LogP contribution < -0.4 is 4.72 Å². The minimum atomic E-state index is -4.01. The van der Waals surface area contributed by atoms with E-state index in [0.717, 1.165) is 24.3 Å². The standard InChI is InChI=1S/C16H15FN2O6S/c1-11(18-26(23,24)15-8-4-13(17)5-9-15)16(20)25-10-12-2-6-14(7-3-12)19(21)22/h2-9,11,18H,10H2,1H3/t11-/m0/s1. The van der Waals surface area contributed by atoms with E-state index in [1.165, 1.54) is 31.2 Å². The van der Waals surface area contributed by atoms with Gasteiger partial charge in [-0.05, 0) is 48.9 Å². The van der Waals surface area contributed by atoms with Crippen molar-refractivity contribution in [3.63, 3.8) is 0 Å². The van der Waals surface area contributed by atoms with Crippen molar-refractivity contribution in [1.82, 2.24) is 4.72 Å². The molecule has 8 nitrogen and oxygen atoms in total.